The maximum absolute atomic E-state index is 12.4. The van der Waals surface area contributed by atoms with Gasteiger partial charge in [0.15, 0.2) is 12.2 Å². The molecule has 8 nitrogen and oxygen atoms in total. The highest BCUT2D eigenvalue weighted by Gasteiger charge is 2.50. The predicted molar refractivity (Wildman–Crippen MR) is 98.2 cm³/mol. The van der Waals surface area contributed by atoms with Gasteiger partial charge in [-0.2, -0.15) is 5.26 Å². The smallest absolute Gasteiger partial charge is 0.420 e. The van der Waals surface area contributed by atoms with Crippen molar-refractivity contribution in [2.45, 2.75) is 51.0 Å². The Balaban J connectivity index is 2.23. The normalized spacial score (nSPS) is 19.9. The van der Waals surface area contributed by atoms with Gasteiger partial charge in [0.2, 0.25) is 0 Å². The highest BCUT2D eigenvalue weighted by Crippen LogP contribution is 2.28. The average Bonchev–Trinajstić information content (AvgIpc) is 2.95. The van der Waals surface area contributed by atoms with E-state index in [4.69, 9.17) is 19.5 Å². The van der Waals surface area contributed by atoms with Crippen molar-refractivity contribution >= 4 is 18.2 Å². The van der Waals surface area contributed by atoms with Crippen LogP contribution in [0.4, 0.5) is 9.59 Å². The van der Waals surface area contributed by atoms with Gasteiger partial charge in [0.25, 0.3) is 0 Å². The first kappa shape index (κ1) is 21.0. The van der Waals surface area contributed by atoms with Crippen molar-refractivity contribution < 1.29 is 28.6 Å². The van der Waals surface area contributed by atoms with Crippen molar-refractivity contribution in [3.05, 3.63) is 48.6 Å². The van der Waals surface area contributed by atoms with E-state index in [0.29, 0.717) is 5.56 Å². The Kier molecular flexibility index (Phi) is 6.41. The molecule has 2 amide bonds. The molecule has 8 heteroatoms. The van der Waals surface area contributed by atoms with E-state index in [1.807, 2.05) is 6.07 Å². The van der Waals surface area contributed by atoms with Gasteiger partial charge < -0.3 is 14.2 Å². The molecule has 3 atom stereocenters. The van der Waals surface area contributed by atoms with Crippen molar-refractivity contribution in [3.8, 4) is 6.07 Å². The summed E-state index contributed by atoms with van der Waals surface area (Å²) in [6.07, 6.45) is -2.96. The number of nitriles is 1. The number of imide groups is 1. The van der Waals surface area contributed by atoms with E-state index >= 15 is 0 Å². The summed E-state index contributed by atoms with van der Waals surface area (Å²) < 4.78 is 15.9. The molecule has 0 N–H and O–H groups in total. The van der Waals surface area contributed by atoms with E-state index in [1.54, 1.807) is 51.1 Å². The van der Waals surface area contributed by atoms with Crippen molar-refractivity contribution in [1.29, 1.82) is 5.26 Å². The van der Waals surface area contributed by atoms with Crippen molar-refractivity contribution in [1.82, 2.24) is 4.90 Å². The lowest BCUT2D eigenvalue weighted by Gasteiger charge is -2.27. The third kappa shape index (κ3) is 4.88. The Morgan fingerprint density at radius 1 is 1.36 bits per heavy atom. The number of rotatable bonds is 5. The molecule has 0 saturated carbocycles. The van der Waals surface area contributed by atoms with Gasteiger partial charge >= 0.3 is 18.2 Å². The summed E-state index contributed by atoms with van der Waals surface area (Å²) in [5.41, 5.74) is -0.538. The molecule has 0 spiro atoms. The van der Waals surface area contributed by atoms with Gasteiger partial charge in [-0.1, -0.05) is 24.8 Å². The lowest BCUT2D eigenvalue weighted by Crippen LogP contribution is -2.46. The molecule has 1 aromatic carbocycles. The predicted octanol–water partition coefficient (Wildman–Crippen LogP) is 3.44. The highest BCUT2D eigenvalue weighted by molar-refractivity contribution is 5.91. The van der Waals surface area contributed by atoms with Crippen molar-refractivity contribution in [2.75, 3.05) is 0 Å². The van der Waals surface area contributed by atoms with Crippen LogP contribution in [-0.2, 0) is 14.2 Å². The van der Waals surface area contributed by atoms with Gasteiger partial charge in [0, 0.05) is 0 Å². The maximum atomic E-state index is 12.4. The van der Waals surface area contributed by atoms with E-state index < -0.39 is 42.0 Å². The van der Waals surface area contributed by atoms with Gasteiger partial charge in [-0.05, 0) is 39.0 Å². The largest absolute Gasteiger partial charge is 0.450 e. The van der Waals surface area contributed by atoms with Gasteiger partial charge in [0.1, 0.15) is 11.6 Å². The number of nitrogens with zero attached hydrogens (tertiary/aromatic N) is 2. The van der Waals surface area contributed by atoms with Crippen LogP contribution < -0.4 is 0 Å². The Labute approximate surface area is 163 Å². The number of esters is 1. The Hall–Kier alpha value is -3.34. The first-order chi connectivity index (χ1) is 13.2. The van der Waals surface area contributed by atoms with Crippen molar-refractivity contribution in [3.63, 3.8) is 0 Å². The minimum atomic E-state index is -1.08. The summed E-state index contributed by atoms with van der Waals surface area (Å²) in [5, 5.41) is 9.15. The summed E-state index contributed by atoms with van der Waals surface area (Å²) in [7, 11) is 0. The highest BCUT2D eigenvalue weighted by atomic mass is 16.6. The molecule has 0 radical (unpaired) electrons. The van der Waals surface area contributed by atoms with Gasteiger partial charge in [-0.15, -0.1) is 0 Å². The van der Waals surface area contributed by atoms with Gasteiger partial charge in [0.05, 0.1) is 18.1 Å². The van der Waals surface area contributed by atoms with Crippen LogP contribution in [0.15, 0.2) is 43.0 Å². The molecule has 0 bridgehead atoms. The number of cyclic esters (lactones) is 1. The van der Waals surface area contributed by atoms with E-state index in [2.05, 4.69) is 6.58 Å². The molecule has 28 heavy (non-hydrogen) atoms. The second kappa shape index (κ2) is 8.57. The van der Waals surface area contributed by atoms with E-state index in [9.17, 15) is 14.4 Å². The zero-order chi connectivity index (χ0) is 20.9. The average molecular weight is 386 g/mol. The molecule has 1 aliphatic rings. The first-order valence-electron chi connectivity index (χ1n) is 8.66. The van der Waals surface area contributed by atoms with Crippen LogP contribution in [0.25, 0.3) is 0 Å². The number of hydrogen-bond donors (Lipinski definition) is 0. The van der Waals surface area contributed by atoms with Crippen molar-refractivity contribution in [2.24, 2.45) is 0 Å². The lowest BCUT2D eigenvalue weighted by molar-refractivity contribution is -0.000939. The number of carbonyl (C=O) groups excluding carboxylic acids is 3. The van der Waals surface area contributed by atoms with Crippen LogP contribution in [0.5, 0.6) is 0 Å². The van der Waals surface area contributed by atoms with Crippen LogP contribution >= 0.6 is 0 Å². The number of carbonyl (C=O) groups is 3. The summed E-state index contributed by atoms with van der Waals surface area (Å²) >= 11 is 0. The Morgan fingerprint density at radius 2 is 2.00 bits per heavy atom. The summed E-state index contributed by atoms with van der Waals surface area (Å²) in [4.78, 5) is 37.8. The second-order valence-corrected chi connectivity index (χ2v) is 7.10. The molecular formula is C20H22N2O6. The molecular weight excluding hydrogens is 364 g/mol. The monoisotopic (exact) mass is 386 g/mol. The molecule has 1 fully saturated rings. The molecule has 1 aliphatic heterocycles. The third-order valence-electron chi connectivity index (χ3n) is 3.84. The fourth-order valence-electron chi connectivity index (χ4n) is 2.66. The van der Waals surface area contributed by atoms with Gasteiger partial charge in [-0.25, -0.2) is 19.3 Å². The number of ether oxygens (including phenoxy) is 3. The van der Waals surface area contributed by atoms with Crippen LogP contribution in [0.3, 0.4) is 0 Å². The maximum Gasteiger partial charge on any atom is 0.420 e. The second-order valence-electron chi connectivity index (χ2n) is 7.10. The third-order valence-corrected chi connectivity index (χ3v) is 3.84. The van der Waals surface area contributed by atoms with Crippen LogP contribution in [0.2, 0.25) is 0 Å². The topological polar surface area (TPSA) is 106 Å². The standard InChI is InChI=1S/C20H22N2O6/c1-5-15(26-17(23)13-9-7-6-8-10-13)16-14(11-12-21)22(18(24)27-16)19(25)28-20(2,3)4/h5-10,14-16H,1,11H2,2-4H3/t14-,15+,16-/m0/s1. The fraction of sp³-hybridized carbons (Fsp3) is 0.400. The van der Waals surface area contributed by atoms with E-state index in [0.717, 1.165) is 4.90 Å². The molecule has 1 heterocycles. The lowest BCUT2D eigenvalue weighted by atomic mass is 10.0. The Morgan fingerprint density at radius 3 is 2.54 bits per heavy atom. The molecule has 0 aromatic heterocycles. The van der Waals surface area contributed by atoms with Crippen LogP contribution in [0.1, 0.15) is 37.6 Å². The van der Waals surface area contributed by atoms with Crippen LogP contribution in [-0.4, -0.2) is 46.9 Å². The van der Waals surface area contributed by atoms with E-state index in [1.165, 1.54) is 6.08 Å². The van der Waals surface area contributed by atoms with Crippen LogP contribution in [0, 0.1) is 11.3 Å². The molecule has 1 saturated heterocycles. The molecule has 1 aromatic rings. The molecule has 0 unspecified atom stereocenters. The molecule has 148 valence electrons. The first-order valence-corrected chi connectivity index (χ1v) is 8.66. The minimum Gasteiger partial charge on any atom is -0.450 e. The summed E-state index contributed by atoms with van der Waals surface area (Å²) in [6, 6.07) is 9.18. The summed E-state index contributed by atoms with van der Waals surface area (Å²) in [5.74, 6) is -0.645. The van der Waals surface area contributed by atoms with E-state index in [-0.39, 0.29) is 6.42 Å². The quantitative estimate of drug-likeness (QED) is 0.433. The SMILES string of the molecule is C=C[C@@H](OC(=O)c1ccccc1)[C@H]1OC(=O)N(C(=O)OC(C)(C)C)[C@H]1CC#N. The number of benzene rings is 1. The molecule has 0 aliphatic carbocycles. The fourth-order valence-corrected chi connectivity index (χ4v) is 2.66. The summed E-state index contributed by atoms with van der Waals surface area (Å²) in [6.45, 7) is 8.57. The number of hydrogen-bond acceptors (Lipinski definition) is 7. The Bertz CT molecular complexity index is 793. The zero-order valence-electron chi connectivity index (χ0n) is 16.0. The van der Waals surface area contributed by atoms with Gasteiger partial charge in [-0.3, -0.25) is 0 Å². The molecule has 2 rings (SSSR count). The zero-order valence-corrected chi connectivity index (χ0v) is 16.0. The number of amides is 2. The minimum absolute atomic E-state index is 0.219.